The van der Waals surface area contributed by atoms with Crippen LogP contribution in [0, 0.1) is 0 Å². The average Bonchev–Trinajstić information content (AvgIpc) is 3.06. The lowest BCUT2D eigenvalue weighted by Gasteiger charge is -2.16. The van der Waals surface area contributed by atoms with Crippen molar-refractivity contribution in [2.75, 3.05) is 13.1 Å². The van der Waals surface area contributed by atoms with E-state index in [2.05, 4.69) is 22.1 Å². The zero-order chi connectivity index (χ0) is 16.8. The van der Waals surface area contributed by atoms with E-state index in [-0.39, 0.29) is 12.0 Å². The van der Waals surface area contributed by atoms with E-state index in [0.717, 1.165) is 25.8 Å². The molecule has 0 radical (unpaired) electrons. The van der Waals surface area contributed by atoms with Gasteiger partial charge in [0.05, 0.1) is 24.0 Å². The number of amides is 1. The molecule has 5 nitrogen and oxygen atoms in total. The van der Waals surface area contributed by atoms with Gasteiger partial charge in [-0.2, -0.15) is 0 Å². The number of rotatable bonds is 6. The first-order valence-electron chi connectivity index (χ1n) is 8.16. The Kier molecular flexibility index (Phi) is 5.64. The first kappa shape index (κ1) is 16.7. The summed E-state index contributed by atoms with van der Waals surface area (Å²) in [7, 11) is 0. The first-order chi connectivity index (χ1) is 11.7. The molecule has 0 aliphatic carbocycles. The van der Waals surface area contributed by atoms with Gasteiger partial charge in [-0.15, -0.1) is 0 Å². The molecule has 1 amide bonds. The van der Waals surface area contributed by atoms with E-state index in [1.807, 2.05) is 23.1 Å². The van der Waals surface area contributed by atoms with E-state index >= 15 is 0 Å². The number of benzene rings is 1. The molecule has 6 heteroatoms. The molecule has 2 heterocycles. The Hall–Kier alpha value is -2.14. The van der Waals surface area contributed by atoms with Crippen LogP contribution in [0.1, 0.15) is 24.8 Å². The predicted octanol–water partition coefficient (Wildman–Crippen LogP) is 3.13. The average molecular weight is 346 g/mol. The number of hydrogen-bond acceptors (Lipinski definition) is 4. The molecule has 0 saturated carbocycles. The van der Waals surface area contributed by atoms with Crippen molar-refractivity contribution >= 4 is 17.5 Å². The number of halogens is 1. The molecule has 1 fully saturated rings. The molecule has 1 aromatic carbocycles. The molecule has 1 aromatic heterocycles. The summed E-state index contributed by atoms with van der Waals surface area (Å²) in [6.07, 6.45) is 6.13. The van der Waals surface area contributed by atoms with Gasteiger partial charge in [-0.25, -0.2) is 9.97 Å². The third-order valence-corrected chi connectivity index (χ3v) is 4.26. The van der Waals surface area contributed by atoms with Gasteiger partial charge in [-0.05, 0) is 18.4 Å². The summed E-state index contributed by atoms with van der Waals surface area (Å²) in [4.78, 5) is 22.2. The second-order valence-electron chi connectivity index (χ2n) is 5.89. The van der Waals surface area contributed by atoms with Crippen LogP contribution in [-0.2, 0) is 11.2 Å². The molecule has 24 heavy (non-hydrogen) atoms. The van der Waals surface area contributed by atoms with Crippen molar-refractivity contribution in [1.82, 2.24) is 14.9 Å². The quantitative estimate of drug-likeness (QED) is 0.807. The Morgan fingerprint density at radius 2 is 2.00 bits per heavy atom. The molecule has 1 atom stereocenters. The fraction of sp³-hybridized carbons (Fsp3) is 0.389. The Bertz CT molecular complexity index is 664. The number of hydrogen-bond donors (Lipinski definition) is 0. The normalized spacial score (nSPS) is 17.0. The highest BCUT2D eigenvalue weighted by Gasteiger charge is 2.27. The molecule has 0 N–H and O–H groups in total. The lowest BCUT2D eigenvalue weighted by molar-refractivity contribution is -0.130. The van der Waals surface area contributed by atoms with Crippen molar-refractivity contribution in [3.8, 4) is 6.01 Å². The minimum Gasteiger partial charge on any atom is -0.458 e. The Morgan fingerprint density at radius 3 is 2.75 bits per heavy atom. The third-order valence-electron chi connectivity index (χ3n) is 4.07. The van der Waals surface area contributed by atoms with Crippen molar-refractivity contribution in [2.45, 2.75) is 31.8 Å². The number of carbonyl (C=O) groups excluding carboxylic acids is 1. The van der Waals surface area contributed by atoms with Crippen LogP contribution in [-0.4, -0.2) is 40.0 Å². The third kappa shape index (κ3) is 4.68. The van der Waals surface area contributed by atoms with Crippen LogP contribution in [0.5, 0.6) is 6.01 Å². The van der Waals surface area contributed by atoms with Crippen LogP contribution in [0.4, 0.5) is 0 Å². The number of likely N-dealkylation sites (tertiary alicyclic amines) is 1. The molecular formula is C18H20ClN3O2. The second kappa shape index (κ2) is 8.11. The maximum absolute atomic E-state index is 12.3. The summed E-state index contributed by atoms with van der Waals surface area (Å²) >= 11 is 5.75. The molecular weight excluding hydrogens is 326 g/mol. The highest BCUT2D eigenvalue weighted by molar-refractivity contribution is 6.30. The van der Waals surface area contributed by atoms with Crippen molar-refractivity contribution in [3.05, 3.63) is 53.3 Å². The summed E-state index contributed by atoms with van der Waals surface area (Å²) < 4.78 is 5.71. The van der Waals surface area contributed by atoms with Crippen LogP contribution >= 0.6 is 11.6 Å². The maximum atomic E-state index is 12.3. The van der Waals surface area contributed by atoms with Gasteiger partial charge in [-0.1, -0.05) is 41.9 Å². The van der Waals surface area contributed by atoms with Crippen molar-refractivity contribution < 1.29 is 9.53 Å². The van der Waals surface area contributed by atoms with Crippen LogP contribution in [0.15, 0.2) is 42.7 Å². The van der Waals surface area contributed by atoms with Gasteiger partial charge in [0.1, 0.15) is 6.10 Å². The first-order valence-corrected chi connectivity index (χ1v) is 8.54. The summed E-state index contributed by atoms with van der Waals surface area (Å²) in [5, 5.41) is 0.476. The Morgan fingerprint density at radius 1 is 1.25 bits per heavy atom. The minimum absolute atomic E-state index is 0.0516. The lowest BCUT2D eigenvalue weighted by atomic mass is 10.1. The van der Waals surface area contributed by atoms with Crippen LogP contribution in [0.3, 0.4) is 0 Å². The Labute approximate surface area is 146 Å². The monoisotopic (exact) mass is 345 g/mol. The molecule has 1 aliphatic rings. The van der Waals surface area contributed by atoms with Gasteiger partial charge in [-0.3, -0.25) is 4.79 Å². The van der Waals surface area contributed by atoms with E-state index in [1.165, 1.54) is 18.0 Å². The molecule has 0 bridgehead atoms. The van der Waals surface area contributed by atoms with Gasteiger partial charge in [0.15, 0.2) is 0 Å². The standard InChI is InChI=1S/C18H20ClN3O2/c19-15-11-20-18(21-12-15)24-16-9-10-22(13-16)17(23)8-4-7-14-5-2-1-3-6-14/h1-3,5-6,11-12,16H,4,7-10,13H2/t16-/m0/s1. The number of aryl methyl sites for hydroxylation is 1. The number of aromatic nitrogens is 2. The van der Waals surface area contributed by atoms with E-state index in [9.17, 15) is 4.79 Å². The lowest BCUT2D eigenvalue weighted by Crippen LogP contribution is -2.31. The highest BCUT2D eigenvalue weighted by Crippen LogP contribution is 2.17. The molecule has 126 valence electrons. The summed E-state index contributed by atoms with van der Waals surface area (Å²) in [6, 6.07) is 10.6. The van der Waals surface area contributed by atoms with E-state index in [4.69, 9.17) is 16.3 Å². The Balaban J connectivity index is 1.41. The molecule has 1 aliphatic heterocycles. The van der Waals surface area contributed by atoms with Crippen LogP contribution in [0.25, 0.3) is 0 Å². The summed E-state index contributed by atoms with van der Waals surface area (Å²) in [5.41, 5.74) is 1.27. The summed E-state index contributed by atoms with van der Waals surface area (Å²) in [6.45, 7) is 1.32. The van der Waals surface area contributed by atoms with Crippen molar-refractivity contribution in [2.24, 2.45) is 0 Å². The molecule has 1 saturated heterocycles. The number of ether oxygens (including phenoxy) is 1. The topological polar surface area (TPSA) is 55.3 Å². The van der Waals surface area contributed by atoms with Gasteiger partial charge in [0, 0.05) is 19.4 Å². The number of carbonyl (C=O) groups is 1. The second-order valence-corrected chi connectivity index (χ2v) is 6.33. The van der Waals surface area contributed by atoms with Gasteiger partial charge >= 0.3 is 6.01 Å². The zero-order valence-corrected chi connectivity index (χ0v) is 14.2. The summed E-state index contributed by atoms with van der Waals surface area (Å²) in [5.74, 6) is 0.189. The van der Waals surface area contributed by atoms with Gasteiger partial charge < -0.3 is 9.64 Å². The van der Waals surface area contributed by atoms with E-state index < -0.39 is 0 Å². The predicted molar refractivity (Wildman–Crippen MR) is 92.0 cm³/mol. The molecule has 0 spiro atoms. The number of nitrogens with zero attached hydrogens (tertiary/aromatic N) is 3. The maximum Gasteiger partial charge on any atom is 0.316 e. The minimum atomic E-state index is -0.0516. The molecule has 0 unspecified atom stereocenters. The van der Waals surface area contributed by atoms with Gasteiger partial charge in [0.2, 0.25) is 5.91 Å². The highest BCUT2D eigenvalue weighted by atomic mass is 35.5. The fourth-order valence-corrected chi connectivity index (χ4v) is 2.91. The smallest absolute Gasteiger partial charge is 0.316 e. The van der Waals surface area contributed by atoms with Gasteiger partial charge in [0.25, 0.3) is 0 Å². The van der Waals surface area contributed by atoms with Crippen molar-refractivity contribution in [1.29, 1.82) is 0 Å². The van der Waals surface area contributed by atoms with E-state index in [1.54, 1.807) is 0 Å². The largest absolute Gasteiger partial charge is 0.458 e. The molecule has 3 rings (SSSR count). The fourth-order valence-electron chi connectivity index (χ4n) is 2.81. The molecule has 2 aromatic rings. The van der Waals surface area contributed by atoms with Crippen LogP contribution < -0.4 is 4.74 Å². The van der Waals surface area contributed by atoms with E-state index in [0.29, 0.717) is 24.0 Å². The SMILES string of the molecule is O=C(CCCc1ccccc1)N1CC[C@H](Oc2ncc(Cl)cn2)C1. The van der Waals surface area contributed by atoms with Crippen molar-refractivity contribution in [3.63, 3.8) is 0 Å². The zero-order valence-electron chi connectivity index (χ0n) is 13.4. The van der Waals surface area contributed by atoms with Crippen LogP contribution in [0.2, 0.25) is 5.02 Å².